The van der Waals surface area contributed by atoms with Gasteiger partial charge in [0.2, 0.25) is 0 Å². The van der Waals surface area contributed by atoms with E-state index in [1.807, 2.05) is 0 Å². The zero-order chi connectivity index (χ0) is 18.5. The van der Waals surface area contributed by atoms with Crippen molar-refractivity contribution in [1.82, 2.24) is 0 Å². The van der Waals surface area contributed by atoms with Gasteiger partial charge in [-0.05, 0) is 36.3 Å². The Morgan fingerprint density at radius 3 is 2.50 bits per heavy atom. The first-order valence-corrected chi connectivity index (χ1v) is 10.8. The molecule has 0 spiro atoms. The molecule has 1 atom stereocenters. The summed E-state index contributed by atoms with van der Waals surface area (Å²) in [7, 11) is -0.669. The minimum Gasteiger partial charge on any atom is -0.507 e. The molecule has 1 N–H and O–H groups in total. The molecule has 0 heterocycles. The van der Waals surface area contributed by atoms with Crippen LogP contribution in [0.15, 0.2) is 30.9 Å². The molecule has 1 aromatic carbocycles. The average Bonchev–Trinajstić information content (AvgIpc) is 2.49. The van der Waals surface area contributed by atoms with Gasteiger partial charge in [-0.1, -0.05) is 33.4 Å². The number of ether oxygens (including phenoxy) is 2. The first-order chi connectivity index (χ1) is 11.0. The van der Waals surface area contributed by atoms with Crippen molar-refractivity contribution in [1.29, 1.82) is 0 Å². The quantitative estimate of drug-likeness (QED) is 0.454. The van der Waals surface area contributed by atoms with E-state index in [0.29, 0.717) is 6.61 Å². The Morgan fingerprint density at radius 1 is 1.38 bits per heavy atom. The molecule has 0 aliphatic rings. The Labute approximate surface area is 145 Å². The summed E-state index contributed by atoms with van der Waals surface area (Å²) < 4.78 is 16.7. The second-order valence-electron chi connectivity index (χ2n) is 7.11. The van der Waals surface area contributed by atoms with Crippen molar-refractivity contribution in [3.8, 4) is 11.5 Å². The molecule has 6 heteroatoms. The number of hydrogen-bond acceptors (Lipinski definition) is 5. The first kappa shape index (κ1) is 20.3. The third-order valence-corrected chi connectivity index (χ3v) is 8.85. The molecule has 0 saturated heterocycles. The fourth-order valence-electron chi connectivity index (χ4n) is 1.75. The molecule has 0 radical (unpaired) electrons. The molecule has 5 nitrogen and oxygen atoms in total. The molecule has 0 saturated carbocycles. The lowest BCUT2D eigenvalue weighted by Gasteiger charge is -2.37. The highest BCUT2D eigenvalue weighted by molar-refractivity contribution is 6.74. The number of rotatable bonds is 7. The zero-order valence-electron chi connectivity index (χ0n) is 15.4. The third-order valence-electron chi connectivity index (χ3n) is 4.35. The van der Waals surface area contributed by atoms with Crippen LogP contribution in [0.2, 0.25) is 18.1 Å². The highest BCUT2D eigenvalue weighted by atomic mass is 28.4. The van der Waals surface area contributed by atoms with Gasteiger partial charge >= 0.3 is 5.97 Å². The Morgan fingerprint density at radius 2 is 2.00 bits per heavy atom. The van der Waals surface area contributed by atoms with E-state index in [9.17, 15) is 9.90 Å². The number of methoxy groups -OCH3 is 1. The molecule has 0 amide bonds. The summed E-state index contributed by atoms with van der Waals surface area (Å²) in [5.41, 5.74) is -0.000763. The maximum atomic E-state index is 11.9. The number of phenolic OH excluding ortho intramolecular Hbond substituents is 1. The highest BCUT2D eigenvalue weighted by Gasteiger charge is 2.37. The number of aromatic hydroxyl groups is 1. The summed E-state index contributed by atoms with van der Waals surface area (Å²) in [6, 6.07) is 4.62. The largest absolute Gasteiger partial charge is 0.507 e. The standard InChI is InChI=1S/C18H28O5Si/c1-8-13(12-22-24(6,7)18(2,3)4)23-15-11-9-10-14(19)16(15)17(20)21-5/h8-11,13,19H,1,12H2,2-7H3. The van der Waals surface area contributed by atoms with Crippen LogP contribution in [0.25, 0.3) is 0 Å². The van der Waals surface area contributed by atoms with Gasteiger partial charge in [-0.2, -0.15) is 0 Å². The second-order valence-corrected chi connectivity index (χ2v) is 11.9. The maximum Gasteiger partial charge on any atom is 0.345 e. The lowest BCUT2D eigenvalue weighted by molar-refractivity contribution is 0.0588. The Kier molecular flexibility index (Phi) is 6.63. The van der Waals surface area contributed by atoms with E-state index in [1.165, 1.54) is 13.2 Å². The predicted molar refractivity (Wildman–Crippen MR) is 97.2 cm³/mol. The Bertz CT molecular complexity index is 590. The third kappa shape index (κ3) is 4.85. The number of carbonyl (C=O) groups excluding carboxylic acids is 1. The first-order valence-electron chi connectivity index (χ1n) is 7.87. The van der Waals surface area contributed by atoms with Gasteiger partial charge in [0.1, 0.15) is 23.2 Å². The van der Waals surface area contributed by atoms with Gasteiger partial charge in [0.25, 0.3) is 0 Å². The van der Waals surface area contributed by atoms with E-state index in [0.717, 1.165) is 0 Å². The fourth-order valence-corrected chi connectivity index (χ4v) is 2.76. The Hall–Kier alpha value is -1.79. The van der Waals surface area contributed by atoms with Crippen LogP contribution in [0, 0.1) is 0 Å². The molecule has 0 aliphatic carbocycles. The van der Waals surface area contributed by atoms with E-state index in [-0.39, 0.29) is 22.1 Å². The highest BCUT2D eigenvalue weighted by Crippen LogP contribution is 2.37. The smallest absolute Gasteiger partial charge is 0.345 e. The van der Waals surface area contributed by atoms with Gasteiger partial charge in [0.15, 0.2) is 8.32 Å². The molecule has 1 rings (SSSR count). The van der Waals surface area contributed by atoms with Crippen molar-refractivity contribution in [2.75, 3.05) is 13.7 Å². The van der Waals surface area contributed by atoms with Gasteiger partial charge < -0.3 is 19.0 Å². The number of hydrogen-bond donors (Lipinski definition) is 1. The Balaban J connectivity index is 2.93. The minimum absolute atomic E-state index is 0.000763. The lowest BCUT2D eigenvalue weighted by Crippen LogP contribution is -2.43. The molecule has 0 aromatic heterocycles. The van der Waals surface area contributed by atoms with E-state index >= 15 is 0 Å². The van der Waals surface area contributed by atoms with Crippen molar-refractivity contribution in [2.24, 2.45) is 0 Å². The minimum atomic E-state index is -1.92. The number of phenols is 1. The number of benzene rings is 1. The summed E-state index contributed by atoms with van der Waals surface area (Å²) in [5.74, 6) is -0.603. The van der Waals surface area contributed by atoms with E-state index in [4.69, 9.17) is 13.9 Å². The average molecular weight is 353 g/mol. The topological polar surface area (TPSA) is 65.0 Å². The molecular formula is C18H28O5Si. The maximum absolute atomic E-state index is 11.9. The molecule has 134 valence electrons. The van der Waals surface area contributed by atoms with Gasteiger partial charge in [-0.15, -0.1) is 0 Å². The van der Waals surface area contributed by atoms with E-state index in [1.54, 1.807) is 18.2 Å². The SMILES string of the molecule is C=CC(CO[Si](C)(C)C(C)(C)C)Oc1cccc(O)c1C(=O)OC. The molecule has 0 aliphatic heterocycles. The molecule has 0 bridgehead atoms. The van der Waals surface area contributed by atoms with Gasteiger partial charge in [0.05, 0.1) is 13.7 Å². The molecular weight excluding hydrogens is 324 g/mol. The van der Waals surface area contributed by atoms with Crippen LogP contribution >= 0.6 is 0 Å². The summed E-state index contributed by atoms with van der Waals surface area (Å²) >= 11 is 0. The van der Waals surface area contributed by atoms with E-state index < -0.39 is 20.4 Å². The summed E-state index contributed by atoms with van der Waals surface area (Å²) in [4.78, 5) is 11.9. The van der Waals surface area contributed by atoms with E-state index in [2.05, 4.69) is 40.4 Å². The molecule has 1 aromatic rings. The molecule has 0 fully saturated rings. The summed E-state index contributed by atoms with van der Waals surface area (Å²) in [6.07, 6.45) is 1.18. The van der Waals surface area contributed by atoms with Gasteiger partial charge in [0, 0.05) is 0 Å². The van der Waals surface area contributed by atoms with Crippen LogP contribution in [0.3, 0.4) is 0 Å². The molecule has 1 unspecified atom stereocenters. The van der Waals surface area contributed by atoms with Gasteiger partial charge in [-0.3, -0.25) is 0 Å². The van der Waals surface area contributed by atoms with Crippen molar-refractivity contribution in [3.63, 3.8) is 0 Å². The lowest BCUT2D eigenvalue weighted by atomic mass is 10.1. The van der Waals surface area contributed by atoms with Crippen LogP contribution < -0.4 is 4.74 Å². The van der Waals surface area contributed by atoms with Crippen LogP contribution in [0.4, 0.5) is 0 Å². The normalized spacial score (nSPS) is 13.2. The monoisotopic (exact) mass is 352 g/mol. The second kappa shape index (κ2) is 7.85. The van der Waals surface area contributed by atoms with Crippen molar-refractivity contribution >= 4 is 14.3 Å². The van der Waals surface area contributed by atoms with Crippen molar-refractivity contribution in [2.45, 2.75) is 45.0 Å². The fraction of sp³-hybridized carbons (Fsp3) is 0.500. The van der Waals surface area contributed by atoms with Crippen molar-refractivity contribution < 1.29 is 23.8 Å². The predicted octanol–water partition coefficient (Wildman–Crippen LogP) is 4.13. The van der Waals surface area contributed by atoms with Gasteiger partial charge in [-0.25, -0.2) is 4.79 Å². The van der Waals surface area contributed by atoms with Crippen LogP contribution in [-0.4, -0.2) is 39.2 Å². The van der Waals surface area contributed by atoms with Crippen LogP contribution in [0.1, 0.15) is 31.1 Å². The van der Waals surface area contributed by atoms with Crippen molar-refractivity contribution in [3.05, 3.63) is 36.4 Å². The van der Waals surface area contributed by atoms with Crippen LogP contribution in [-0.2, 0) is 9.16 Å². The number of carbonyl (C=O) groups is 1. The number of esters is 1. The van der Waals surface area contributed by atoms with Crippen LogP contribution in [0.5, 0.6) is 11.5 Å². The molecule has 24 heavy (non-hydrogen) atoms. The summed E-state index contributed by atoms with van der Waals surface area (Å²) in [6.45, 7) is 14.9. The zero-order valence-corrected chi connectivity index (χ0v) is 16.4. The summed E-state index contributed by atoms with van der Waals surface area (Å²) in [5, 5.41) is 10.00.